The second kappa shape index (κ2) is 6.36. The van der Waals surface area contributed by atoms with E-state index in [1.165, 1.54) is 23.6 Å². The number of pyridine rings is 1. The molecule has 0 saturated carbocycles. The number of aromatic amines is 1. The SMILES string of the molecule is Cc1cc(=O)c(C(=O)NC(CC(=O)O)c2cccs2)c[nH]1. The van der Waals surface area contributed by atoms with Crippen LogP contribution in [0.3, 0.4) is 0 Å². The fraction of sp³-hybridized carbons (Fsp3) is 0.214. The van der Waals surface area contributed by atoms with Crippen LogP contribution in [-0.2, 0) is 4.79 Å². The van der Waals surface area contributed by atoms with Crippen LogP contribution in [0, 0.1) is 6.92 Å². The third-order valence-corrected chi connectivity index (χ3v) is 3.86. The van der Waals surface area contributed by atoms with Crippen LogP contribution in [0.15, 0.2) is 34.6 Å². The minimum absolute atomic E-state index is 0.0347. The number of carbonyl (C=O) groups excluding carboxylic acids is 1. The molecule has 0 aromatic carbocycles. The zero-order valence-electron chi connectivity index (χ0n) is 11.3. The number of hydrogen-bond donors (Lipinski definition) is 3. The summed E-state index contributed by atoms with van der Waals surface area (Å²) in [4.78, 5) is 38.4. The Balaban J connectivity index is 2.22. The number of nitrogens with one attached hydrogen (secondary N) is 2. The van der Waals surface area contributed by atoms with Gasteiger partial charge in [0.15, 0.2) is 5.43 Å². The highest BCUT2D eigenvalue weighted by molar-refractivity contribution is 7.10. The van der Waals surface area contributed by atoms with Crippen molar-refractivity contribution < 1.29 is 14.7 Å². The first-order valence-electron chi connectivity index (χ1n) is 6.22. The van der Waals surface area contributed by atoms with Crippen molar-refractivity contribution >= 4 is 23.2 Å². The van der Waals surface area contributed by atoms with E-state index in [0.29, 0.717) is 5.69 Å². The standard InChI is InChI=1S/C14H14N2O4S/c1-8-5-11(17)9(7-15-8)14(20)16-10(6-13(18)19)12-3-2-4-21-12/h2-5,7,10H,6H2,1H3,(H,15,17)(H,16,20)(H,18,19). The van der Waals surface area contributed by atoms with Gasteiger partial charge in [-0.3, -0.25) is 14.4 Å². The first-order chi connectivity index (χ1) is 9.97. The molecule has 0 aliphatic heterocycles. The molecule has 1 unspecified atom stereocenters. The Kier molecular flexibility index (Phi) is 4.54. The van der Waals surface area contributed by atoms with E-state index in [1.54, 1.807) is 24.4 Å². The van der Waals surface area contributed by atoms with E-state index in [0.717, 1.165) is 4.88 Å². The maximum atomic E-state index is 12.1. The Labute approximate surface area is 124 Å². The van der Waals surface area contributed by atoms with Crippen LogP contribution in [0.2, 0.25) is 0 Å². The lowest BCUT2D eigenvalue weighted by Gasteiger charge is -2.15. The number of aryl methyl sites for hydroxylation is 1. The number of carbonyl (C=O) groups is 2. The minimum Gasteiger partial charge on any atom is -0.481 e. The fourth-order valence-electron chi connectivity index (χ4n) is 1.87. The first kappa shape index (κ1) is 15.0. The number of amides is 1. The van der Waals surface area contributed by atoms with Gasteiger partial charge in [0.1, 0.15) is 5.56 Å². The number of aromatic nitrogens is 1. The van der Waals surface area contributed by atoms with Crippen molar-refractivity contribution in [1.82, 2.24) is 10.3 Å². The summed E-state index contributed by atoms with van der Waals surface area (Å²) in [6, 6.07) is 4.19. The summed E-state index contributed by atoms with van der Waals surface area (Å²) in [6.45, 7) is 1.71. The average molecular weight is 306 g/mol. The van der Waals surface area contributed by atoms with E-state index in [1.807, 2.05) is 0 Å². The van der Waals surface area contributed by atoms with Gasteiger partial charge in [0.05, 0.1) is 12.5 Å². The molecule has 2 rings (SSSR count). The van der Waals surface area contributed by atoms with E-state index in [-0.39, 0.29) is 12.0 Å². The lowest BCUT2D eigenvalue weighted by molar-refractivity contribution is -0.137. The summed E-state index contributed by atoms with van der Waals surface area (Å²) in [7, 11) is 0. The highest BCUT2D eigenvalue weighted by atomic mass is 32.1. The summed E-state index contributed by atoms with van der Waals surface area (Å²) < 4.78 is 0. The molecule has 2 aromatic rings. The Bertz CT molecular complexity index is 706. The molecule has 0 bridgehead atoms. The van der Waals surface area contributed by atoms with Crippen LogP contribution in [0.5, 0.6) is 0 Å². The summed E-state index contributed by atoms with van der Waals surface area (Å²) in [5.41, 5.74) is 0.216. The van der Waals surface area contributed by atoms with E-state index in [4.69, 9.17) is 5.11 Å². The second-order valence-corrected chi connectivity index (χ2v) is 5.51. The lowest BCUT2D eigenvalue weighted by Crippen LogP contribution is -2.33. The normalized spacial score (nSPS) is 11.9. The molecule has 6 nitrogen and oxygen atoms in total. The molecule has 2 aromatic heterocycles. The molecule has 1 amide bonds. The number of rotatable bonds is 5. The molecule has 3 N–H and O–H groups in total. The van der Waals surface area contributed by atoms with Gasteiger partial charge in [0.25, 0.3) is 5.91 Å². The van der Waals surface area contributed by atoms with Crippen molar-refractivity contribution in [3.05, 3.63) is 56.1 Å². The van der Waals surface area contributed by atoms with Crippen LogP contribution in [0.25, 0.3) is 0 Å². The summed E-state index contributed by atoms with van der Waals surface area (Å²) in [6.07, 6.45) is 1.09. The van der Waals surface area contributed by atoms with Crippen molar-refractivity contribution in [2.75, 3.05) is 0 Å². The number of thiophene rings is 1. The van der Waals surface area contributed by atoms with Gasteiger partial charge in [-0.1, -0.05) is 6.07 Å². The number of carboxylic acids is 1. The second-order valence-electron chi connectivity index (χ2n) is 4.53. The van der Waals surface area contributed by atoms with Crippen LogP contribution >= 0.6 is 11.3 Å². The van der Waals surface area contributed by atoms with Gasteiger partial charge >= 0.3 is 5.97 Å². The fourth-order valence-corrected chi connectivity index (χ4v) is 2.65. The summed E-state index contributed by atoms with van der Waals surface area (Å²) in [5.74, 6) is -1.61. The average Bonchev–Trinajstić information content (AvgIpc) is 2.90. The largest absolute Gasteiger partial charge is 0.481 e. The van der Waals surface area contributed by atoms with Crippen molar-refractivity contribution in [3.8, 4) is 0 Å². The molecule has 0 fully saturated rings. The number of aliphatic carboxylic acids is 1. The van der Waals surface area contributed by atoms with E-state index < -0.39 is 23.3 Å². The molecule has 21 heavy (non-hydrogen) atoms. The quantitative estimate of drug-likeness (QED) is 0.782. The molecule has 7 heteroatoms. The topological polar surface area (TPSA) is 99.3 Å². The molecular formula is C14H14N2O4S. The van der Waals surface area contributed by atoms with Gasteiger partial charge < -0.3 is 15.4 Å². The Morgan fingerprint density at radius 1 is 1.48 bits per heavy atom. The van der Waals surface area contributed by atoms with Gasteiger partial charge in [0.2, 0.25) is 0 Å². The van der Waals surface area contributed by atoms with Crippen molar-refractivity contribution in [3.63, 3.8) is 0 Å². The van der Waals surface area contributed by atoms with Crippen molar-refractivity contribution in [2.24, 2.45) is 0 Å². The Morgan fingerprint density at radius 3 is 2.81 bits per heavy atom. The van der Waals surface area contributed by atoms with Crippen molar-refractivity contribution in [1.29, 1.82) is 0 Å². The van der Waals surface area contributed by atoms with Crippen LogP contribution in [-0.4, -0.2) is 22.0 Å². The van der Waals surface area contributed by atoms with Crippen molar-refractivity contribution in [2.45, 2.75) is 19.4 Å². The van der Waals surface area contributed by atoms with E-state index >= 15 is 0 Å². The number of hydrogen-bond acceptors (Lipinski definition) is 4. The Hall–Kier alpha value is -2.41. The molecule has 110 valence electrons. The molecule has 0 radical (unpaired) electrons. The van der Waals surface area contributed by atoms with Gasteiger partial charge in [-0.15, -0.1) is 11.3 Å². The van der Waals surface area contributed by atoms with Crippen LogP contribution < -0.4 is 10.7 Å². The van der Waals surface area contributed by atoms with Crippen LogP contribution in [0.1, 0.15) is 33.4 Å². The smallest absolute Gasteiger partial charge is 0.305 e. The van der Waals surface area contributed by atoms with Gasteiger partial charge in [-0.05, 0) is 18.4 Å². The summed E-state index contributed by atoms with van der Waals surface area (Å²) in [5, 5.41) is 13.3. The molecule has 0 aliphatic carbocycles. The molecular weight excluding hydrogens is 292 g/mol. The molecule has 0 aliphatic rings. The van der Waals surface area contributed by atoms with E-state index in [2.05, 4.69) is 10.3 Å². The van der Waals surface area contributed by atoms with E-state index in [9.17, 15) is 14.4 Å². The third kappa shape index (κ3) is 3.79. The number of carboxylic acid groups (broad SMARTS) is 1. The zero-order valence-corrected chi connectivity index (χ0v) is 12.1. The van der Waals surface area contributed by atoms with Gasteiger partial charge in [-0.2, -0.15) is 0 Å². The molecule has 0 saturated heterocycles. The molecule has 2 heterocycles. The number of H-pyrrole nitrogens is 1. The summed E-state index contributed by atoms with van der Waals surface area (Å²) >= 11 is 1.35. The maximum absolute atomic E-state index is 12.1. The van der Waals surface area contributed by atoms with Gasteiger partial charge in [-0.25, -0.2) is 0 Å². The van der Waals surface area contributed by atoms with Gasteiger partial charge in [0, 0.05) is 22.8 Å². The lowest BCUT2D eigenvalue weighted by atomic mass is 10.1. The predicted octanol–water partition coefficient (Wildman–Crippen LogP) is 1.69. The third-order valence-electron chi connectivity index (χ3n) is 2.87. The zero-order chi connectivity index (χ0) is 15.4. The van der Waals surface area contributed by atoms with Crippen LogP contribution in [0.4, 0.5) is 0 Å². The molecule has 1 atom stereocenters. The highest BCUT2D eigenvalue weighted by Crippen LogP contribution is 2.22. The monoisotopic (exact) mass is 306 g/mol. The minimum atomic E-state index is -1.02. The Morgan fingerprint density at radius 2 is 2.24 bits per heavy atom. The highest BCUT2D eigenvalue weighted by Gasteiger charge is 2.21. The first-order valence-corrected chi connectivity index (χ1v) is 7.10. The molecule has 0 spiro atoms. The maximum Gasteiger partial charge on any atom is 0.305 e. The predicted molar refractivity (Wildman–Crippen MR) is 78.6 cm³/mol.